The minimum absolute atomic E-state index is 0.0473. The van der Waals surface area contributed by atoms with E-state index in [9.17, 15) is 14.0 Å². The molecule has 0 saturated carbocycles. The highest BCUT2D eigenvalue weighted by Crippen LogP contribution is 2.46. The molecule has 2 aromatic heterocycles. The lowest BCUT2D eigenvalue weighted by Gasteiger charge is -2.31. The molecule has 0 radical (unpaired) electrons. The van der Waals surface area contributed by atoms with Crippen molar-refractivity contribution in [2.45, 2.75) is 32.9 Å². The molecule has 3 heterocycles. The first-order valence-electron chi connectivity index (χ1n) is 12.4. The first-order valence-corrected chi connectivity index (χ1v) is 12.7. The summed E-state index contributed by atoms with van der Waals surface area (Å²) in [5.41, 5.74) is 8.56. The number of fused-ring (bicyclic) bond motifs is 3. The maximum absolute atomic E-state index is 14.5. The number of primary amides is 1. The number of pyridine rings is 1. The zero-order chi connectivity index (χ0) is 28.9. The van der Waals surface area contributed by atoms with Gasteiger partial charge in [0.15, 0.2) is 5.69 Å². The quantitative estimate of drug-likeness (QED) is 0.354. The second-order valence-corrected chi connectivity index (χ2v) is 10.9. The predicted molar refractivity (Wildman–Crippen MR) is 148 cm³/mol. The molecule has 0 fully saturated rings. The molecule has 2 N–H and O–H groups in total. The molecule has 9 nitrogen and oxygen atoms in total. The first kappa shape index (κ1) is 27.1. The number of nitrogens with two attached hydrogens (primary N) is 1. The van der Waals surface area contributed by atoms with Gasteiger partial charge in [-0.2, -0.15) is 5.10 Å². The van der Waals surface area contributed by atoms with Crippen molar-refractivity contribution in [1.29, 1.82) is 0 Å². The Bertz CT molecular complexity index is 1660. The van der Waals surface area contributed by atoms with Crippen LogP contribution in [0.15, 0.2) is 48.8 Å². The third-order valence-corrected chi connectivity index (χ3v) is 7.07. The van der Waals surface area contributed by atoms with Crippen LogP contribution in [0.3, 0.4) is 0 Å². The Balaban J connectivity index is 1.79. The van der Waals surface area contributed by atoms with E-state index in [1.807, 2.05) is 20.8 Å². The van der Waals surface area contributed by atoms with Crippen molar-refractivity contribution in [1.82, 2.24) is 19.7 Å². The second-order valence-electron chi connectivity index (χ2n) is 10.4. The molecule has 0 aliphatic carbocycles. The smallest absolute Gasteiger partial charge is 0.274 e. The van der Waals surface area contributed by atoms with Gasteiger partial charge in [0.2, 0.25) is 5.91 Å². The fourth-order valence-electron chi connectivity index (χ4n) is 4.48. The molecular weight excluding hydrogens is 537 g/mol. The van der Waals surface area contributed by atoms with Crippen molar-refractivity contribution in [2.24, 2.45) is 5.73 Å². The highest BCUT2D eigenvalue weighted by molar-refractivity contribution is 6.30. The Morgan fingerprint density at radius 2 is 1.88 bits per heavy atom. The van der Waals surface area contributed by atoms with Gasteiger partial charge >= 0.3 is 0 Å². The average molecular weight is 564 g/mol. The molecule has 0 atom stereocenters. The van der Waals surface area contributed by atoms with Gasteiger partial charge in [0, 0.05) is 58.3 Å². The summed E-state index contributed by atoms with van der Waals surface area (Å²) in [6, 6.07) is 9.18. The minimum Gasteiger partial charge on any atom is -0.496 e. The number of hydrogen-bond donors (Lipinski definition) is 1. The van der Waals surface area contributed by atoms with Crippen molar-refractivity contribution in [3.63, 3.8) is 0 Å². The number of carbonyl (C=O) groups is 2. The molecule has 4 aromatic rings. The second kappa shape index (κ2) is 9.95. The monoisotopic (exact) mass is 563 g/mol. The van der Waals surface area contributed by atoms with E-state index in [0.717, 1.165) is 0 Å². The number of halogens is 2. The Morgan fingerprint density at radius 3 is 2.52 bits per heavy atom. The highest BCUT2D eigenvalue weighted by atomic mass is 35.5. The van der Waals surface area contributed by atoms with Crippen molar-refractivity contribution >= 4 is 23.4 Å². The highest BCUT2D eigenvalue weighted by Gasteiger charge is 2.34. The summed E-state index contributed by atoms with van der Waals surface area (Å²) < 4.78 is 27.7. The van der Waals surface area contributed by atoms with Crippen molar-refractivity contribution < 1.29 is 23.5 Å². The summed E-state index contributed by atoms with van der Waals surface area (Å²) in [5.74, 6) is -0.551. The van der Waals surface area contributed by atoms with Crippen LogP contribution in [-0.2, 0) is 6.61 Å². The van der Waals surface area contributed by atoms with Crippen LogP contribution in [0.1, 0.15) is 47.2 Å². The number of carbonyl (C=O) groups excluding carboxylic acids is 2. The topological polar surface area (TPSA) is 113 Å². The van der Waals surface area contributed by atoms with Crippen molar-refractivity contribution in [2.75, 3.05) is 14.2 Å². The molecule has 1 aliphatic rings. The van der Waals surface area contributed by atoms with E-state index in [-0.39, 0.29) is 28.8 Å². The van der Waals surface area contributed by atoms with E-state index in [2.05, 4.69) is 10.1 Å². The zero-order valence-electron chi connectivity index (χ0n) is 22.6. The van der Waals surface area contributed by atoms with Gasteiger partial charge in [0.05, 0.1) is 24.1 Å². The van der Waals surface area contributed by atoms with E-state index < -0.39 is 17.3 Å². The molecule has 2 amide bonds. The van der Waals surface area contributed by atoms with E-state index >= 15 is 0 Å². The zero-order valence-corrected chi connectivity index (χ0v) is 23.3. The summed E-state index contributed by atoms with van der Waals surface area (Å²) in [5, 5.41) is 4.85. The van der Waals surface area contributed by atoms with Crippen LogP contribution >= 0.6 is 11.6 Å². The molecular formula is C29H27ClFN5O4. The van der Waals surface area contributed by atoms with Gasteiger partial charge in [-0.1, -0.05) is 11.6 Å². The maximum Gasteiger partial charge on any atom is 0.274 e. The number of rotatable bonds is 5. The number of aromatic nitrogens is 3. The number of benzene rings is 2. The molecule has 0 spiro atoms. The Morgan fingerprint density at radius 1 is 1.12 bits per heavy atom. The van der Waals surface area contributed by atoms with Crippen molar-refractivity contribution in [3.05, 3.63) is 76.5 Å². The Kier molecular flexibility index (Phi) is 6.75. The third-order valence-electron chi connectivity index (χ3n) is 6.85. The van der Waals surface area contributed by atoms with Gasteiger partial charge in [0.1, 0.15) is 23.9 Å². The van der Waals surface area contributed by atoms with Gasteiger partial charge in [-0.3, -0.25) is 14.6 Å². The average Bonchev–Trinajstić information content (AvgIpc) is 3.30. The van der Waals surface area contributed by atoms with Crippen LogP contribution in [0.5, 0.6) is 11.5 Å². The summed E-state index contributed by atoms with van der Waals surface area (Å²) in [6.07, 6.45) is 2.96. The normalized spacial score (nSPS) is 12.3. The van der Waals surface area contributed by atoms with Crippen LogP contribution in [0.25, 0.3) is 28.1 Å². The van der Waals surface area contributed by atoms with Crippen LogP contribution < -0.4 is 15.2 Å². The summed E-state index contributed by atoms with van der Waals surface area (Å²) in [7, 11) is 3.22. The van der Waals surface area contributed by atoms with Gasteiger partial charge in [-0.05, 0) is 51.1 Å². The minimum atomic E-state index is -0.621. The van der Waals surface area contributed by atoms with E-state index in [1.54, 1.807) is 42.4 Å². The largest absolute Gasteiger partial charge is 0.496 e. The molecule has 11 heteroatoms. The van der Waals surface area contributed by atoms with Gasteiger partial charge in [-0.25, -0.2) is 9.07 Å². The lowest BCUT2D eigenvalue weighted by molar-refractivity contribution is 0.0646. The standard InChI is InChI=1S/C29H27ClFN5O4/c1-29(2,3)35(4)28(38)25-22-14-40-24-11-23(39-5)20(15-6-16(27(32)37)13-33-12-15)10-21(24)26(22)36(34-25)19-8-17(30)7-18(31)9-19/h6-13H,14H2,1-5H3,(H2,32,37). The summed E-state index contributed by atoms with van der Waals surface area (Å²) >= 11 is 6.21. The number of methoxy groups -OCH3 is 1. The predicted octanol–water partition coefficient (Wildman–Crippen LogP) is 5.26. The first-order chi connectivity index (χ1) is 18.9. The SMILES string of the molecule is COc1cc2c(cc1-c1cncc(C(N)=O)c1)-c1c(c(C(=O)N(C)C(C)(C)C)nn1-c1cc(F)cc(Cl)c1)CO2. The molecule has 1 aliphatic heterocycles. The lowest BCUT2D eigenvalue weighted by Crippen LogP contribution is -2.43. The number of hydrogen-bond acceptors (Lipinski definition) is 6. The Labute approximate surface area is 235 Å². The summed E-state index contributed by atoms with van der Waals surface area (Å²) in [6.45, 7) is 5.80. The molecule has 5 rings (SSSR count). The molecule has 40 heavy (non-hydrogen) atoms. The van der Waals surface area contributed by atoms with Crippen molar-refractivity contribution in [3.8, 4) is 39.6 Å². The molecule has 2 aromatic carbocycles. The number of nitrogens with zero attached hydrogens (tertiary/aromatic N) is 4. The summed E-state index contributed by atoms with van der Waals surface area (Å²) in [4.78, 5) is 31.2. The number of amides is 2. The van der Waals surface area contributed by atoms with Gasteiger partial charge in [-0.15, -0.1) is 0 Å². The van der Waals surface area contributed by atoms with E-state index in [1.165, 1.54) is 30.1 Å². The fourth-order valence-corrected chi connectivity index (χ4v) is 4.70. The molecule has 0 bridgehead atoms. The lowest BCUT2D eigenvalue weighted by atomic mass is 9.95. The van der Waals surface area contributed by atoms with Gasteiger partial charge in [0.25, 0.3) is 5.91 Å². The third kappa shape index (κ3) is 4.75. The van der Waals surface area contributed by atoms with Crippen LogP contribution in [0.2, 0.25) is 5.02 Å². The van der Waals surface area contributed by atoms with Crippen LogP contribution in [-0.4, -0.2) is 51.2 Å². The fraction of sp³-hybridized carbons (Fsp3) is 0.241. The molecule has 0 saturated heterocycles. The van der Waals surface area contributed by atoms with Crippen LogP contribution in [0, 0.1) is 5.82 Å². The van der Waals surface area contributed by atoms with Gasteiger partial charge < -0.3 is 20.1 Å². The molecule has 0 unspecified atom stereocenters. The number of ether oxygens (including phenoxy) is 2. The maximum atomic E-state index is 14.5. The van der Waals surface area contributed by atoms with E-state index in [0.29, 0.717) is 45.1 Å². The van der Waals surface area contributed by atoms with E-state index in [4.69, 9.17) is 26.8 Å². The molecule has 206 valence electrons. The Hall–Kier alpha value is -4.44. The van der Waals surface area contributed by atoms with Crippen LogP contribution in [0.4, 0.5) is 4.39 Å².